The van der Waals surface area contributed by atoms with Gasteiger partial charge in [-0.05, 0) is 57.1 Å². The van der Waals surface area contributed by atoms with Crippen molar-refractivity contribution in [2.24, 2.45) is 0 Å². The highest BCUT2D eigenvalue weighted by Gasteiger charge is 2.19. The van der Waals surface area contributed by atoms with E-state index in [2.05, 4.69) is 36.5 Å². The summed E-state index contributed by atoms with van der Waals surface area (Å²) in [6.45, 7) is 4.44. The summed E-state index contributed by atoms with van der Waals surface area (Å²) in [6.07, 6.45) is 3.64. The average molecular weight is 473 g/mol. The Kier molecular flexibility index (Phi) is 6.54. The Morgan fingerprint density at radius 3 is 2.70 bits per heavy atom. The molecule has 0 saturated carbocycles. The molecule has 2 N–H and O–H groups in total. The molecule has 1 saturated heterocycles. The highest BCUT2D eigenvalue weighted by Crippen LogP contribution is 2.37. The third kappa shape index (κ3) is 4.60. The number of piperidine rings is 1. The minimum Gasteiger partial charge on any atom is -0.495 e. The van der Waals surface area contributed by atoms with Crippen LogP contribution in [0.1, 0.15) is 19.8 Å². The van der Waals surface area contributed by atoms with Gasteiger partial charge in [-0.15, -0.1) is 0 Å². The smallest absolute Gasteiger partial charge is 0.163 e. The minimum atomic E-state index is 0.161. The van der Waals surface area contributed by atoms with Crippen LogP contribution in [0.2, 0.25) is 0 Å². The summed E-state index contributed by atoms with van der Waals surface area (Å²) in [5.41, 5.74) is 1.59. The van der Waals surface area contributed by atoms with Crippen molar-refractivity contribution in [1.29, 1.82) is 0 Å². The van der Waals surface area contributed by atoms with Crippen molar-refractivity contribution in [1.82, 2.24) is 15.3 Å². The molecule has 7 nitrogen and oxygen atoms in total. The van der Waals surface area contributed by atoms with Crippen molar-refractivity contribution in [2.45, 2.75) is 25.9 Å². The number of halogens is 1. The van der Waals surface area contributed by atoms with Crippen LogP contribution in [-0.4, -0.2) is 42.9 Å². The molecular formula is C22H25BrN4O3. The zero-order chi connectivity index (χ0) is 20.9. The van der Waals surface area contributed by atoms with Gasteiger partial charge in [-0.1, -0.05) is 15.9 Å². The van der Waals surface area contributed by atoms with Crippen LogP contribution in [0.25, 0.3) is 10.9 Å². The van der Waals surface area contributed by atoms with Gasteiger partial charge in [0.05, 0.1) is 24.9 Å². The third-order valence-electron chi connectivity index (χ3n) is 5.00. The van der Waals surface area contributed by atoms with Crippen LogP contribution in [0.15, 0.2) is 41.1 Å². The summed E-state index contributed by atoms with van der Waals surface area (Å²) >= 11 is 3.51. The second-order valence-electron chi connectivity index (χ2n) is 7.01. The van der Waals surface area contributed by atoms with Crippen LogP contribution in [0.4, 0.5) is 11.5 Å². The number of nitrogens with one attached hydrogen (secondary N) is 2. The van der Waals surface area contributed by atoms with E-state index in [0.29, 0.717) is 18.2 Å². The molecule has 4 rings (SSSR count). The van der Waals surface area contributed by atoms with Gasteiger partial charge < -0.3 is 24.8 Å². The van der Waals surface area contributed by atoms with E-state index in [9.17, 15) is 0 Å². The Labute approximate surface area is 184 Å². The lowest BCUT2D eigenvalue weighted by molar-refractivity contribution is 0.155. The molecule has 0 radical (unpaired) electrons. The number of hydrogen-bond acceptors (Lipinski definition) is 7. The molecule has 0 atom stereocenters. The summed E-state index contributed by atoms with van der Waals surface area (Å²) in [7, 11) is 1.64. The first-order valence-corrected chi connectivity index (χ1v) is 10.9. The van der Waals surface area contributed by atoms with Gasteiger partial charge in [-0.25, -0.2) is 9.97 Å². The molecule has 2 heterocycles. The second-order valence-corrected chi connectivity index (χ2v) is 7.92. The van der Waals surface area contributed by atoms with E-state index >= 15 is 0 Å². The summed E-state index contributed by atoms with van der Waals surface area (Å²) in [5.74, 6) is 2.82. The number of ether oxygens (including phenoxy) is 3. The largest absolute Gasteiger partial charge is 0.495 e. The lowest BCUT2D eigenvalue weighted by atomic mass is 10.1. The van der Waals surface area contributed by atoms with Gasteiger partial charge in [0.15, 0.2) is 11.5 Å². The SMILES string of the molecule is CCOc1cc2ncnc(Nc3cc(Br)ccc3OC)c2cc1OC1CCNCC1. The zero-order valence-corrected chi connectivity index (χ0v) is 18.7. The molecular weight excluding hydrogens is 448 g/mol. The number of hydrogen-bond donors (Lipinski definition) is 2. The Morgan fingerprint density at radius 1 is 1.10 bits per heavy atom. The lowest BCUT2D eigenvalue weighted by Gasteiger charge is -2.25. The predicted molar refractivity (Wildman–Crippen MR) is 121 cm³/mol. The van der Waals surface area contributed by atoms with Gasteiger partial charge in [-0.2, -0.15) is 0 Å². The fraction of sp³-hybridized carbons (Fsp3) is 0.364. The van der Waals surface area contributed by atoms with E-state index in [1.54, 1.807) is 7.11 Å². The Bertz CT molecular complexity index is 1020. The molecule has 0 unspecified atom stereocenters. The third-order valence-corrected chi connectivity index (χ3v) is 5.49. The van der Waals surface area contributed by atoms with Crippen LogP contribution >= 0.6 is 15.9 Å². The number of nitrogens with zero attached hydrogens (tertiary/aromatic N) is 2. The molecule has 0 amide bonds. The van der Waals surface area contributed by atoms with Gasteiger partial charge in [0, 0.05) is 15.9 Å². The van der Waals surface area contributed by atoms with Crippen LogP contribution < -0.4 is 24.8 Å². The zero-order valence-electron chi connectivity index (χ0n) is 17.1. The highest BCUT2D eigenvalue weighted by atomic mass is 79.9. The summed E-state index contributed by atoms with van der Waals surface area (Å²) in [6, 6.07) is 9.67. The van der Waals surface area contributed by atoms with E-state index in [1.165, 1.54) is 6.33 Å². The Hall–Kier alpha value is -2.58. The molecule has 0 aliphatic carbocycles. The van der Waals surface area contributed by atoms with Crippen LogP contribution in [-0.2, 0) is 0 Å². The summed E-state index contributed by atoms with van der Waals surface area (Å²) in [4.78, 5) is 8.91. The molecule has 0 bridgehead atoms. The van der Waals surface area contributed by atoms with Crippen LogP contribution in [0.5, 0.6) is 17.2 Å². The van der Waals surface area contributed by atoms with E-state index in [0.717, 1.165) is 58.5 Å². The second kappa shape index (κ2) is 9.49. The molecule has 1 aromatic heterocycles. The maximum absolute atomic E-state index is 6.34. The minimum absolute atomic E-state index is 0.161. The fourth-order valence-electron chi connectivity index (χ4n) is 3.52. The van der Waals surface area contributed by atoms with E-state index < -0.39 is 0 Å². The molecule has 3 aromatic rings. The summed E-state index contributed by atoms with van der Waals surface area (Å²) in [5, 5.41) is 7.60. The highest BCUT2D eigenvalue weighted by molar-refractivity contribution is 9.10. The Morgan fingerprint density at radius 2 is 1.93 bits per heavy atom. The van der Waals surface area contributed by atoms with Crippen LogP contribution in [0.3, 0.4) is 0 Å². The van der Waals surface area contributed by atoms with Gasteiger partial charge in [-0.3, -0.25) is 0 Å². The fourth-order valence-corrected chi connectivity index (χ4v) is 3.88. The molecule has 1 aliphatic heterocycles. The maximum atomic E-state index is 6.34. The molecule has 1 aliphatic rings. The number of benzene rings is 2. The van der Waals surface area contributed by atoms with Crippen LogP contribution in [0, 0.1) is 0 Å². The van der Waals surface area contributed by atoms with Crippen molar-refractivity contribution in [3.63, 3.8) is 0 Å². The van der Waals surface area contributed by atoms with E-state index in [-0.39, 0.29) is 6.10 Å². The number of aromatic nitrogens is 2. The van der Waals surface area contributed by atoms with Crippen molar-refractivity contribution in [3.05, 3.63) is 41.1 Å². The maximum Gasteiger partial charge on any atom is 0.163 e. The molecule has 158 valence electrons. The topological polar surface area (TPSA) is 77.5 Å². The van der Waals surface area contributed by atoms with Gasteiger partial charge in [0.1, 0.15) is 24.0 Å². The molecule has 2 aromatic carbocycles. The van der Waals surface area contributed by atoms with Gasteiger partial charge in [0.2, 0.25) is 0 Å². The first-order valence-electron chi connectivity index (χ1n) is 10.1. The van der Waals surface area contributed by atoms with Crippen molar-refractivity contribution in [2.75, 3.05) is 32.1 Å². The monoisotopic (exact) mass is 472 g/mol. The molecule has 0 spiro atoms. The number of fused-ring (bicyclic) bond motifs is 1. The van der Waals surface area contributed by atoms with Crippen molar-refractivity contribution < 1.29 is 14.2 Å². The molecule has 1 fully saturated rings. The van der Waals surface area contributed by atoms with E-state index in [4.69, 9.17) is 14.2 Å². The first-order chi connectivity index (χ1) is 14.7. The van der Waals surface area contributed by atoms with Gasteiger partial charge in [0.25, 0.3) is 0 Å². The van der Waals surface area contributed by atoms with E-state index in [1.807, 2.05) is 37.3 Å². The normalized spacial score (nSPS) is 14.5. The standard InChI is InChI=1S/C22H25BrN4O3/c1-3-29-20-12-17-16(11-21(20)30-15-6-8-24-9-7-15)22(26-13-25-17)27-18-10-14(23)4-5-19(18)28-2/h4-5,10-13,15,24H,3,6-9H2,1-2H3,(H,25,26,27). The van der Waals surface area contributed by atoms with Crippen molar-refractivity contribution in [3.8, 4) is 17.2 Å². The molecule has 30 heavy (non-hydrogen) atoms. The summed E-state index contributed by atoms with van der Waals surface area (Å²) < 4.78 is 18.6. The molecule has 8 heteroatoms. The number of rotatable bonds is 7. The first kappa shape index (κ1) is 20.7. The quantitative estimate of drug-likeness (QED) is 0.516. The average Bonchev–Trinajstić information content (AvgIpc) is 2.76. The van der Waals surface area contributed by atoms with Crippen molar-refractivity contribution >= 4 is 38.3 Å². The number of anilines is 2. The number of methoxy groups -OCH3 is 1. The predicted octanol–water partition coefficient (Wildman–Crippen LogP) is 4.67. The lowest BCUT2D eigenvalue weighted by Crippen LogP contribution is -2.34. The Balaban J connectivity index is 1.73. The van der Waals surface area contributed by atoms with Gasteiger partial charge >= 0.3 is 0 Å².